The SMILES string of the molecule is CCNC(=NCC(C)Cn1nc(C)cc1C)N1CCC2(CCC2)C1.I. The fraction of sp³-hybridized carbons (Fsp3) is 0.789. The van der Waals surface area contributed by atoms with E-state index in [-0.39, 0.29) is 24.0 Å². The summed E-state index contributed by atoms with van der Waals surface area (Å²) in [6.45, 7) is 13.7. The van der Waals surface area contributed by atoms with Gasteiger partial charge in [0.2, 0.25) is 0 Å². The highest BCUT2D eigenvalue weighted by molar-refractivity contribution is 14.0. The molecule has 0 aromatic carbocycles. The molecule has 2 fully saturated rings. The fourth-order valence-corrected chi connectivity index (χ4v) is 4.08. The smallest absolute Gasteiger partial charge is 0.193 e. The maximum Gasteiger partial charge on any atom is 0.193 e. The second-order valence-electron chi connectivity index (χ2n) is 7.93. The van der Waals surface area contributed by atoms with Crippen molar-refractivity contribution < 1.29 is 0 Å². The molecule has 1 atom stereocenters. The Labute approximate surface area is 169 Å². The van der Waals surface area contributed by atoms with Crippen LogP contribution < -0.4 is 5.32 Å². The zero-order chi connectivity index (χ0) is 17.2. The van der Waals surface area contributed by atoms with E-state index in [2.05, 4.69) is 53.8 Å². The number of likely N-dealkylation sites (tertiary alicyclic amines) is 1. The van der Waals surface area contributed by atoms with Crippen molar-refractivity contribution in [2.75, 3.05) is 26.2 Å². The molecule has 0 radical (unpaired) electrons. The van der Waals surface area contributed by atoms with Gasteiger partial charge in [0.25, 0.3) is 0 Å². The van der Waals surface area contributed by atoms with E-state index in [9.17, 15) is 0 Å². The molecule has 1 N–H and O–H groups in total. The summed E-state index contributed by atoms with van der Waals surface area (Å²) >= 11 is 0. The number of halogens is 1. The Morgan fingerprint density at radius 1 is 1.36 bits per heavy atom. The zero-order valence-corrected chi connectivity index (χ0v) is 18.5. The first kappa shape index (κ1) is 20.5. The minimum Gasteiger partial charge on any atom is -0.357 e. The lowest BCUT2D eigenvalue weighted by Crippen LogP contribution is -2.42. The standard InChI is InChI=1S/C19H33N5.HI/c1-5-20-18(23-10-9-19(14-23)7-6-8-19)21-12-15(2)13-24-17(4)11-16(3)22-24;/h11,15H,5-10,12-14H2,1-4H3,(H,20,21);1H. The number of nitrogens with one attached hydrogen (secondary N) is 1. The summed E-state index contributed by atoms with van der Waals surface area (Å²) in [4.78, 5) is 7.43. The molecule has 1 saturated heterocycles. The second-order valence-corrected chi connectivity index (χ2v) is 7.93. The number of aryl methyl sites for hydroxylation is 2. The Hall–Kier alpha value is -0.790. The Balaban J connectivity index is 0.00000225. The molecule has 1 aliphatic heterocycles. The quantitative estimate of drug-likeness (QED) is 0.416. The van der Waals surface area contributed by atoms with Gasteiger partial charge in [0, 0.05) is 38.4 Å². The Morgan fingerprint density at radius 3 is 2.64 bits per heavy atom. The lowest BCUT2D eigenvalue weighted by molar-refractivity contribution is 0.151. The van der Waals surface area contributed by atoms with Crippen LogP contribution in [0.25, 0.3) is 0 Å². The van der Waals surface area contributed by atoms with Crippen molar-refractivity contribution in [3.05, 3.63) is 17.5 Å². The van der Waals surface area contributed by atoms with Crippen molar-refractivity contribution in [2.24, 2.45) is 16.3 Å². The Morgan fingerprint density at radius 2 is 2.12 bits per heavy atom. The monoisotopic (exact) mass is 459 g/mol. The van der Waals surface area contributed by atoms with Crippen LogP contribution in [0.4, 0.5) is 0 Å². The van der Waals surface area contributed by atoms with E-state index in [1.165, 1.54) is 37.9 Å². The van der Waals surface area contributed by atoms with Crippen LogP contribution >= 0.6 is 24.0 Å². The van der Waals surface area contributed by atoms with Crippen LogP contribution in [0.3, 0.4) is 0 Å². The molecule has 25 heavy (non-hydrogen) atoms. The highest BCUT2D eigenvalue weighted by Gasteiger charge is 2.43. The lowest BCUT2D eigenvalue weighted by atomic mass is 9.68. The van der Waals surface area contributed by atoms with Crippen LogP contribution in [-0.2, 0) is 6.54 Å². The topological polar surface area (TPSA) is 45.5 Å². The molecule has 1 unspecified atom stereocenters. The third kappa shape index (κ3) is 4.89. The van der Waals surface area contributed by atoms with Crippen LogP contribution in [0.2, 0.25) is 0 Å². The van der Waals surface area contributed by atoms with Crippen molar-refractivity contribution >= 4 is 29.9 Å². The van der Waals surface area contributed by atoms with Gasteiger partial charge in [-0.3, -0.25) is 9.67 Å². The predicted octanol–water partition coefficient (Wildman–Crippen LogP) is 3.60. The van der Waals surface area contributed by atoms with Crippen LogP contribution in [0, 0.1) is 25.2 Å². The summed E-state index contributed by atoms with van der Waals surface area (Å²) in [6.07, 6.45) is 5.59. The molecule has 1 spiro atoms. The average molecular weight is 459 g/mol. The summed E-state index contributed by atoms with van der Waals surface area (Å²) < 4.78 is 2.11. The first-order valence-corrected chi connectivity index (χ1v) is 9.56. The van der Waals surface area contributed by atoms with E-state index in [0.29, 0.717) is 11.3 Å². The van der Waals surface area contributed by atoms with E-state index in [1.54, 1.807) is 0 Å². The van der Waals surface area contributed by atoms with E-state index in [1.807, 2.05) is 0 Å². The molecule has 2 heterocycles. The normalized spacial score (nSPS) is 20.3. The van der Waals surface area contributed by atoms with Crippen molar-refractivity contribution in [3.63, 3.8) is 0 Å². The molecular formula is C19H34IN5. The van der Waals surface area contributed by atoms with Gasteiger partial charge >= 0.3 is 0 Å². The molecule has 0 amide bonds. The minimum atomic E-state index is 0. The number of nitrogens with zero attached hydrogens (tertiary/aromatic N) is 4. The maximum absolute atomic E-state index is 4.94. The van der Waals surface area contributed by atoms with Gasteiger partial charge in [-0.05, 0) is 57.4 Å². The molecule has 1 aromatic heterocycles. The molecule has 1 aromatic rings. The first-order chi connectivity index (χ1) is 11.5. The number of aliphatic imine (C=N–C) groups is 1. The number of hydrogen-bond donors (Lipinski definition) is 1. The van der Waals surface area contributed by atoms with Gasteiger partial charge in [-0.1, -0.05) is 13.3 Å². The Kier molecular flexibility index (Phi) is 7.17. The molecule has 5 nitrogen and oxygen atoms in total. The molecule has 1 aliphatic carbocycles. The largest absolute Gasteiger partial charge is 0.357 e. The fourth-order valence-electron chi connectivity index (χ4n) is 4.08. The van der Waals surface area contributed by atoms with Crippen LogP contribution in [0.1, 0.15) is 50.9 Å². The molecule has 142 valence electrons. The van der Waals surface area contributed by atoms with Gasteiger partial charge in [0.1, 0.15) is 0 Å². The van der Waals surface area contributed by atoms with Crippen molar-refractivity contribution in [3.8, 4) is 0 Å². The maximum atomic E-state index is 4.94. The number of rotatable bonds is 5. The van der Waals surface area contributed by atoms with Gasteiger partial charge in [-0.15, -0.1) is 24.0 Å². The molecule has 6 heteroatoms. The number of hydrogen-bond acceptors (Lipinski definition) is 2. The van der Waals surface area contributed by atoms with Crippen LogP contribution in [0.5, 0.6) is 0 Å². The van der Waals surface area contributed by atoms with Crippen LogP contribution in [-0.4, -0.2) is 46.8 Å². The minimum absolute atomic E-state index is 0. The van der Waals surface area contributed by atoms with E-state index >= 15 is 0 Å². The Bertz CT molecular complexity index is 591. The number of guanidine groups is 1. The predicted molar refractivity (Wildman–Crippen MR) is 115 cm³/mol. The molecule has 3 rings (SSSR count). The van der Waals surface area contributed by atoms with Crippen molar-refractivity contribution in [1.82, 2.24) is 20.0 Å². The van der Waals surface area contributed by atoms with Gasteiger partial charge in [0.05, 0.1) is 5.69 Å². The van der Waals surface area contributed by atoms with Crippen LogP contribution in [0.15, 0.2) is 11.1 Å². The zero-order valence-electron chi connectivity index (χ0n) is 16.2. The second kappa shape index (κ2) is 8.73. The third-order valence-corrected chi connectivity index (χ3v) is 5.63. The van der Waals surface area contributed by atoms with Gasteiger partial charge in [0.15, 0.2) is 5.96 Å². The molecular weight excluding hydrogens is 425 g/mol. The van der Waals surface area contributed by atoms with Crippen molar-refractivity contribution in [1.29, 1.82) is 0 Å². The summed E-state index contributed by atoms with van der Waals surface area (Å²) in [7, 11) is 0. The summed E-state index contributed by atoms with van der Waals surface area (Å²) in [6, 6.07) is 2.14. The third-order valence-electron chi connectivity index (χ3n) is 5.63. The van der Waals surface area contributed by atoms with E-state index in [4.69, 9.17) is 4.99 Å². The van der Waals surface area contributed by atoms with Gasteiger partial charge in [-0.2, -0.15) is 5.10 Å². The summed E-state index contributed by atoms with van der Waals surface area (Å²) in [5.41, 5.74) is 2.95. The van der Waals surface area contributed by atoms with E-state index < -0.39 is 0 Å². The number of aromatic nitrogens is 2. The van der Waals surface area contributed by atoms with E-state index in [0.717, 1.165) is 37.8 Å². The van der Waals surface area contributed by atoms with Gasteiger partial charge < -0.3 is 10.2 Å². The lowest BCUT2D eigenvalue weighted by Gasteiger charge is -2.38. The molecule has 0 bridgehead atoms. The molecule has 1 saturated carbocycles. The van der Waals surface area contributed by atoms with Crippen molar-refractivity contribution in [2.45, 2.75) is 59.9 Å². The van der Waals surface area contributed by atoms with Gasteiger partial charge in [-0.25, -0.2) is 0 Å². The summed E-state index contributed by atoms with van der Waals surface area (Å²) in [5.74, 6) is 1.60. The highest BCUT2D eigenvalue weighted by atomic mass is 127. The average Bonchev–Trinajstić information content (AvgIpc) is 3.07. The summed E-state index contributed by atoms with van der Waals surface area (Å²) in [5, 5.41) is 8.07. The highest BCUT2D eigenvalue weighted by Crippen LogP contribution is 2.47. The first-order valence-electron chi connectivity index (χ1n) is 9.56. The molecule has 2 aliphatic rings.